The van der Waals surface area contributed by atoms with Crippen molar-refractivity contribution >= 4 is 21.7 Å². The van der Waals surface area contributed by atoms with Crippen molar-refractivity contribution in [1.82, 2.24) is 5.32 Å². The molecule has 0 bridgehead atoms. The second-order valence-electron chi connectivity index (χ2n) is 3.29. The quantitative estimate of drug-likeness (QED) is 0.607. The third-order valence-corrected chi connectivity index (χ3v) is 4.18. The molecular weight excluding hydrogens is 210 g/mol. The van der Waals surface area contributed by atoms with Gasteiger partial charge in [-0.3, -0.25) is 9.59 Å². The van der Waals surface area contributed by atoms with Gasteiger partial charge in [0.05, 0.1) is 5.75 Å². The van der Waals surface area contributed by atoms with Gasteiger partial charge in [-0.05, 0) is 6.42 Å². The molecule has 1 rings (SSSR count). The van der Waals surface area contributed by atoms with Gasteiger partial charge in [0.15, 0.2) is 15.1 Å². The minimum absolute atomic E-state index is 0.0444. The Morgan fingerprint density at radius 2 is 2.00 bits per heavy atom. The van der Waals surface area contributed by atoms with Crippen molar-refractivity contribution in [1.29, 1.82) is 0 Å². The maximum Gasteiger partial charge on any atom is 0.321 e. The summed E-state index contributed by atoms with van der Waals surface area (Å²) in [6.07, 6.45) is -0.0444. The normalized spacial score (nSPS) is 29.8. The first-order valence-electron chi connectivity index (χ1n) is 4.04. The van der Waals surface area contributed by atoms with E-state index in [1.54, 1.807) is 0 Å². The Morgan fingerprint density at radius 3 is 2.36 bits per heavy atom. The molecule has 0 spiro atoms. The highest BCUT2D eigenvalue weighted by atomic mass is 32.2. The van der Waals surface area contributed by atoms with Gasteiger partial charge < -0.3 is 10.4 Å². The summed E-state index contributed by atoms with van der Waals surface area (Å²) in [4.78, 5) is 21.2. The molecule has 0 aromatic carbocycles. The predicted octanol–water partition coefficient (Wildman–Crippen LogP) is -1.24. The zero-order valence-corrected chi connectivity index (χ0v) is 8.37. The summed E-state index contributed by atoms with van der Waals surface area (Å²) < 4.78 is 22.5. The Morgan fingerprint density at radius 1 is 1.43 bits per heavy atom. The van der Waals surface area contributed by atoms with Crippen LogP contribution < -0.4 is 5.32 Å². The Bertz CT molecular complexity index is 360. The van der Waals surface area contributed by atoms with E-state index >= 15 is 0 Å². The molecule has 80 valence electrons. The SMILES string of the molecule is CC(=O)NC1CC(C(=O)O)S(=O)(=O)C1. The lowest BCUT2D eigenvalue weighted by atomic mass is 10.2. The maximum atomic E-state index is 11.3. The van der Waals surface area contributed by atoms with E-state index in [-0.39, 0.29) is 18.1 Å². The topological polar surface area (TPSA) is 101 Å². The van der Waals surface area contributed by atoms with Crippen LogP contribution in [0.15, 0.2) is 0 Å². The summed E-state index contributed by atoms with van der Waals surface area (Å²) in [6, 6.07) is -0.571. The van der Waals surface area contributed by atoms with Gasteiger partial charge in [-0.15, -0.1) is 0 Å². The minimum atomic E-state index is -3.60. The number of nitrogens with one attached hydrogen (secondary N) is 1. The summed E-state index contributed by atoms with van der Waals surface area (Å²) in [5.74, 6) is -1.99. The Labute approximate surface area is 81.2 Å². The second-order valence-corrected chi connectivity index (χ2v) is 5.52. The van der Waals surface area contributed by atoms with E-state index in [4.69, 9.17) is 5.11 Å². The highest BCUT2D eigenvalue weighted by Crippen LogP contribution is 2.20. The summed E-state index contributed by atoms with van der Waals surface area (Å²) >= 11 is 0. The molecular formula is C7H11NO5S. The summed E-state index contributed by atoms with van der Waals surface area (Å²) in [6.45, 7) is 1.26. The molecule has 2 atom stereocenters. The van der Waals surface area contributed by atoms with Crippen molar-refractivity contribution in [3.8, 4) is 0 Å². The molecule has 1 aliphatic rings. The highest BCUT2D eigenvalue weighted by Gasteiger charge is 2.43. The molecule has 1 aliphatic heterocycles. The molecule has 1 heterocycles. The van der Waals surface area contributed by atoms with Crippen LogP contribution in [-0.2, 0) is 19.4 Å². The molecule has 1 saturated heterocycles. The Balaban J connectivity index is 2.77. The van der Waals surface area contributed by atoms with Crippen LogP contribution >= 0.6 is 0 Å². The number of carboxylic acid groups (broad SMARTS) is 1. The Kier molecular flexibility index (Phi) is 2.79. The molecule has 1 fully saturated rings. The van der Waals surface area contributed by atoms with E-state index in [1.807, 2.05) is 0 Å². The number of amides is 1. The number of aliphatic carboxylic acids is 1. The lowest BCUT2D eigenvalue weighted by Gasteiger charge is -2.07. The van der Waals surface area contributed by atoms with E-state index < -0.39 is 27.1 Å². The number of hydrogen-bond donors (Lipinski definition) is 2. The summed E-state index contributed by atoms with van der Waals surface area (Å²) in [7, 11) is -3.60. The lowest BCUT2D eigenvalue weighted by Crippen LogP contribution is -2.33. The monoisotopic (exact) mass is 221 g/mol. The van der Waals surface area contributed by atoms with Crippen molar-refractivity contribution in [3.05, 3.63) is 0 Å². The summed E-state index contributed by atoms with van der Waals surface area (Å²) in [5, 5.41) is 9.63. The van der Waals surface area contributed by atoms with Crippen molar-refractivity contribution in [3.63, 3.8) is 0 Å². The highest BCUT2D eigenvalue weighted by molar-refractivity contribution is 7.93. The predicted molar refractivity (Wildman–Crippen MR) is 47.4 cm³/mol. The van der Waals surface area contributed by atoms with E-state index in [0.29, 0.717) is 0 Å². The van der Waals surface area contributed by atoms with Crippen molar-refractivity contribution in [2.24, 2.45) is 0 Å². The molecule has 1 amide bonds. The third kappa shape index (κ3) is 2.22. The molecule has 14 heavy (non-hydrogen) atoms. The standard InChI is InChI=1S/C7H11NO5S/c1-4(9)8-5-2-6(7(10)11)14(12,13)3-5/h5-6H,2-3H2,1H3,(H,8,9)(H,10,11). The van der Waals surface area contributed by atoms with E-state index in [9.17, 15) is 18.0 Å². The average Bonchev–Trinajstić information content (AvgIpc) is 2.23. The fourth-order valence-corrected chi connectivity index (χ4v) is 3.36. The molecule has 2 N–H and O–H groups in total. The van der Waals surface area contributed by atoms with E-state index in [0.717, 1.165) is 0 Å². The van der Waals surface area contributed by atoms with Crippen LogP contribution in [0, 0.1) is 0 Å². The van der Waals surface area contributed by atoms with Gasteiger partial charge in [-0.2, -0.15) is 0 Å². The number of carbonyl (C=O) groups is 2. The van der Waals surface area contributed by atoms with Crippen molar-refractivity contribution < 1.29 is 23.1 Å². The molecule has 0 aliphatic carbocycles. The van der Waals surface area contributed by atoms with Gasteiger partial charge in [0.25, 0.3) is 0 Å². The largest absolute Gasteiger partial charge is 0.480 e. The van der Waals surface area contributed by atoms with Crippen LogP contribution in [0.2, 0.25) is 0 Å². The van der Waals surface area contributed by atoms with Crippen LogP contribution in [0.25, 0.3) is 0 Å². The molecule has 6 nitrogen and oxygen atoms in total. The van der Waals surface area contributed by atoms with E-state index in [2.05, 4.69) is 5.32 Å². The van der Waals surface area contributed by atoms with Crippen LogP contribution in [0.5, 0.6) is 0 Å². The maximum absolute atomic E-state index is 11.3. The first-order valence-corrected chi connectivity index (χ1v) is 5.76. The number of carbonyl (C=O) groups excluding carboxylic acids is 1. The molecule has 0 saturated carbocycles. The molecule has 0 radical (unpaired) electrons. The lowest BCUT2D eigenvalue weighted by molar-refractivity contribution is -0.136. The van der Waals surface area contributed by atoms with Gasteiger partial charge in [0.2, 0.25) is 5.91 Å². The van der Waals surface area contributed by atoms with Crippen LogP contribution in [0.1, 0.15) is 13.3 Å². The van der Waals surface area contributed by atoms with Crippen LogP contribution in [0.4, 0.5) is 0 Å². The fraction of sp³-hybridized carbons (Fsp3) is 0.714. The van der Waals surface area contributed by atoms with Crippen molar-refractivity contribution in [2.75, 3.05) is 5.75 Å². The van der Waals surface area contributed by atoms with Gasteiger partial charge >= 0.3 is 5.97 Å². The Hall–Kier alpha value is -1.11. The van der Waals surface area contributed by atoms with E-state index in [1.165, 1.54) is 6.92 Å². The molecule has 7 heteroatoms. The van der Waals surface area contributed by atoms with Gasteiger partial charge in [0, 0.05) is 13.0 Å². The zero-order chi connectivity index (χ0) is 10.9. The number of rotatable bonds is 2. The molecule has 2 unspecified atom stereocenters. The summed E-state index contributed by atoms with van der Waals surface area (Å²) in [5.41, 5.74) is 0. The van der Waals surface area contributed by atoms with Gasteiger partial charge in [-0.1, -0.05) is 0 Å². The van der Waals surface area contributed by atoms with Crippen molar-refractivity contribution in [2.45, 2.75) is 24.6 Å². The smallest absolute Gasteiger partial charge is 0.321 e. The van der Waals surface area contributed by atoms with Crippen LogP contribution in [-0.4, -0.2) is 42.4 Å². The molecule has 0 aromatic heterocycles. The average molecular weight is 221 g/mol. The fourth-order valence-electron chi connectivity index (χ4n) is 1.51. The minimum Gasteiger partial charge on any atom is -0.480 e. The van der Waals surface area contributed by atoms with Gasteiger partial charge in [0.1, 0.15) is 0 Å². The number of hydrogen-bond acceptors (Lipinski definition) is 4. The first kappa shape index (κ1) is 11.0. The zero-order valence-electron chi connectivity index (χ0n) is 7.56. The number of sulfone groups is 1. The molecule has 0 aromatic rings. The first-order chi connectivity index (χ1) is 6.33. The third-order valence-electron chi connectivity index (χ3n) is 2.05. The van der Waals surface area contributed by atoms with Crippen LogP contribution in [0.3, 0.4) is 0 Å². The van der Waals surface area contributed by atoms with Gasteiger partial charge in [-0.25, -0.2) is 8.42 Å². The number of carboxylic acids is 1. The second kappa shape index (κ2) is 3.56.